The number of halogens is 2. The van der Waals surface area contributed by atoms with Gasteiger partial charge in [0.25, 0.3) is 0 Å². The van der Waals surface area contributed by atoms with Crippen molar-refractivity contribution in [3.63, 3.8) is 0 Å². The van der Waals surface area contributed by atoms with Crippen LogP contribution in [-0.2, 0) is 15.4 Å². The zero-order chi connectivity index (χ0) is 19.9. The molecule has 0 saturated heterocycles. The van der Waals surface area contributed by atoms with Crippen LogP contribution in [0.3, 0.4) is 0 Å². The summed E-state index contributed by atoms with van der Waals surface area (Å²) < 4.78 is 41.9. The number of fused-ring (bicyclic) bond motifs is 3. The van der Waals surface area contributed by atoms with Crippen LogP contribution < -0.4 is 10.0 Å². The highest BCUT2D eigenvalue weighted by molar-refractivity contribution is 9.10. The third-order valence-corrected chi connectivity index (χ3v) is 7.89. The molecule has 0 amide bonds. The maximum Gasteiger partial charge on any atom is 0.240 e. The lowest BCUT2D eigenvalue weighted by molar-refractivity contribution is 0.344. The second-order valence-electron chi connectivity index (χ2n) is 7.46. The molecule has 0 radical (unpaired) electrons. The van der Waals surface area contributed by atoms with Gasteiger partial charge in [-0.1, -0.05) is 28.1 Å². The van der Waals surface area contributed by atoms with Crippen molar-refractivity contribution >= 4 is 31.6 Å². The number of hydrogen-bond acceptors (Lipinski definition) is 3. The summed E-state index contributed by atoms with van der Waals surface area (Å²) >= 11 is 3.56. The first-order chi connectivity index (χ1) is 13.3. The molecular weight excluding hydrogens is 443 g/mol. The molecule has 4 rings (SSSR count). The standard InChI is InChI=1S/C21H22BrFN2O2S/c1-14-3-2-4-20-21(14,18-13-15(22)5-10-19(18)25-20)11-12-24-28(26,27)17-8-6-16(23)7-9-17/h5-10,13,20,24-25H,1-4,11-12H2. The third-order valence-electron chi connectivity index (χ3n) is 5.92. The minimum atomic E-state index is -3.69. The van der Waals surface area contributed by atoms with Gasteiger partial charge in [-0.2, -0.15) is 0 Å². The van der Waals surface area contributed by atoms with Gasteiger partial charge in [0.1, 0.15) is 5.82 Å². The van der Waals surface area contributed by atoms with Crippen LogP contribution in [0.25, 0.3) is 0 Å². The molecule has 4 nitrogen and oxygen atoms in total. The molecule has 1 saturated carbocycles. The van der Waals surface area contributed by atoms with E-state index in [1.165, 1.54) is 17.7 Å². The van der Waals surface area contributed by atoms with Crippen LogP contribution in [0.4, 0.5) is 10.1 Å². The predicted molar refractivity (Wildman–Crippen MR) is 112 cm³/mol. The summed E-state index contributed by atoms with van der Waals surface area (Å²) in [5, 5.41) is 3.62. The Morgan fingerprint density at radius 1 is 1.25 bits per heavy atom. The Morgan fingerprint density at radius 2 is 2.00 bits per heavy atom. The summed E-state index contributed by atoms with van der Waals surface area (Å²) in [6.45, 7) is 4.65. The molecule has 2 aliphatic rings. The van der Waals surface area contributed by atoms with Gasteiger partial charge >= 0.3 is 0 Å². The molecular formula is C21H22BrFN2O2S. The predicted octanol–water partition coefficient (Wildman–Crippen LogP) is 4.73. The lowest BCUT2D eigenvalue weighted by atomic mass is 9.63. The monoisotopic (exact) mass is 464 g/mol. The van der Waals surface area contributed by atoms with Crippen molar-refractivity contribution < 1.29 is 12.8 Å². The van der Waals surface area contributed by atoms with Crippen LogP contribution in [-0.4, -0.2) is 21.0 Å². The van der Waals surface area contributed by atoms with Crippen molar-refractivity contribution in [1.29, 1.82) is 0 Å². The number of anilines is 1. The maximum atomic E-state index is 13.1. The van der Waals surface area contributed by atoms with Crippen LogP contribution in [0.1, 0.15) is 31.2 Å². The highest BCUT2D eigenvalue weighted by Gasteiger charge is 2.49. The van der Waals surface area contributed by atoms with E-state index in [2.05, 4.69) is 44.7 Å². The van der Waals surface area contributed by atoms with Gasteiger partial charge in [-0.05, 0) is 73.7 Å². The van der Waals surface area contributed by atoms with E-state index in [4.69, 9.17) is 0 Å². The van der Waals surface area contributed by atoms with Gasteiger partial charge in [0.15, 0.2) is 0 Å². The van der Waals surface area contributed by atoms with Crippen molar-refractivity contribution in [3.05, 3.63) is 70.5 Å². The van der Waals surface area contributed by atoms with Crippen LogP contribution in [0, 0.1) is 5.82 Å². The Labute approximate surface area is 173 Å². The summed E-state index contributed by atoms with van der Waals surface area (Å²) in [6, 6.07) is 11.3. The maximum absolute atomic E-state index is 13.1. The van der Waals surface area contributed by atoms with E-state index in [9.17, 15) is 12.8 Å². The zero-order valence-corrected chi connectivity index (χ0v) is 17.7. The second kappa shape index (κ2) is 7.28. The average Bonchev–Trinajstić information content (AvgIpc) is 2.97. The van der Waals surface area contributed by atoms with E-state index < -0.39 is 15.8 Å². The van der Waals surface area contributed by atoms with E-state index in [1.807, 2.05) is 6.07 Å². The Bertz CT molecular complexity index is 1020. The number of nitrogens with one attached hydrogen (secondary N) is 2. The quantitative estimate of drug-likeness (QED) is 0.628. The van der Waals surface area contributed by atoms with E-state index in [-0.39, 0.29) is 22.9 Å². The lowest BCUT2D eigenvalue weighted by Gasteiger charge is -2.42. The number of sulfonamides is 1. The Kier molecular flexibility index (Phi) is 5.10. The largest absolute Gasteiger partial charge is 0.381 e. The Morgan fingerprint density at radius 3 is 2.75 bits per heavy atom. The Balaban J connectivity index is 1.59. The fraction of sp³-hybridized carbons (Fsp3) is 0.333. The summed E-state index contributed by atoms with van der Waals surface area (Å²) in [5.74, 6) is -0.460. The van der Waals surface area contributed by atoms with Crippen LogP contribution in [0.2, 0.25) is 0 Å². The minimum absolute atomic E-state index is 0.0677. The number of benzene rings is 2. The molecule has 148 valence electrons. The van der Waals surface area contributed by atoms with Crippen LogP contribution in [0.5, 0.6) is 0 Å². The first kappa shape index (κ1) is 19.6. The molecule has 28 heavy (non-hydrogen) atoms. The number of rotatable bonds is 5. The molecule has 2 N–H and O–H groups in total. The van der Waals surface area contributed by atoms with Gasteiger partial charge in [0.2, 0.25) is 10.0 Å². The smallest absolute Gasteiger partial charge is 0.240 e. The average molecular weight is 465 g/mol. The second-order valence-corrected chi connectivity index (χ2v) is 10.1. The van der Waals surface area contributed by atoms with Crippen molar-refractivity contribution in [3.8, 4) is 0 Å². The normalized spacial score (nSPS) is 23.8. The third kappa shape index (κ3) is 3.29. The van der Waals surface area contributed by atoms with Gasteiger partial charge in [0.05, 0.1) is 4.90 Å². The molecule has 1 aliphatic heterocycles. The molecule has 0 bridgehead atoms. The minimum Gasteiger partial charge on any atom is -0.381 e. The first-order valence-electron chi connectivity index (χ1n) is 9.33. The molecule has 1 heterocycles. The molecule has 0 spiro atoms. The topological polar surface area (TPSA) is 58.2 Å². The van der Waals surface area contributed by atoms with Gasteiger partial charge in [-0.25, -0.2) is 17.5 Å². The van der Waals surface area contributed by atoms with Crippen molar-refractivity contribution in [2.45, 2.75) is 42.0 Å². The van der Waals surface area contributed by atoms with Gasteiger partial charge in [0, 0.05) is 28.2 Å². The van der Waals surface area contributed by atoms with Crippen LogP contribution >= 0.6 is 15.9 Å². The molecule has 0 aromatic heterocycles. The van der Waals surface area contributed by atoms with Crippen LogP contribution in [0.15, 0.2) is 64.0 Å². The zero-order valence-electron chi connectivity index (χ0n) is 15.3. The Hall–Kier alpha value is -1.70. The molecule has 2 unspecified atom stereocenters. The fourth-order valence-electron chi connectivity index (χ4n) is 4.57. The summed E-state index contributed by atoms with van der Waals surface area (Å²) in [4.78, 5) is 0.0677. The van der Waals surface area contributed by atoms with E-state index >= 15 is 0 Å². The van der Waals surface area contributed by atoms with Crippen molar-refractivity contribution in [1.82, 2.24) is 4.72 Å². The molecule has 7 heteroatoms. The first-order valence-corrected chi connectivity index (χ1v) is 11.6. The van der Waals surface area contributed by atoms with E-state index in [0.717, 1.165) is 47.1 Å². The SMILES string of the molecule is C=C1CCCC2Nc3ccc(Br)cc3C12CCNS(=O)(=O)c1ccc(F)cc1. The van der Waals surface area contributed by atoms with Crippen molar-refractivity contribution in [2.75, 3.05) is 11.9 Å². The molecule has 1 aliphatic carbocycles. The molecule has 2 aromatic carbocycles. The molecule has 1 fully saturated rings. The van der Waals surface area contributed by atoms with E-state index in [1.54, 1.807) is 0 Å². The molecule has 2 atom stereocenters. The van der Waals surface area contributed by atoms with Gasteiger partial charge < -0.3 is 5.32 Å². The highest BCUT2D eigenvalue weighted by atomic mass is 79.9. The lowest BCUT2D eigenvalue weighted by Crippen LogP contribution is -2.45. The highest BCUT2D eigenvalue weighted by Crippen LogP contribution is 2.53. The summed E-state index contributed by atoms with van der Waals surface area (Å²) in [7, 11) is -3.69. The van der Waals surface area contributed by atoms with Gasteiger partial charge in [-0.15, -0.1) is 0 Å². The fourth-order valence-corrected chi connectivity index (χ4v) is 5.97. The molecule has 2 aromatic rings. The summed E-state index contributed by atoms with van der Waals surface area (Å²) in [6.07, 6.45) is 3.66. The summed E-state index contributed by atoms with van der Waals surface area (Å²) in [5.41, 5.74) is 3.13. The number of hydrogen-bond donors (Lipinski definition) is 2. The van der Waals surface area contributed by atoms with Gasteiger partial charge in [-0.3, -0.25) is 0 Å². The van der Waals surface area contributed by atoms with Crippen molar-refractivity contribution in [2.24, 2.45) is 0 Å². The van der Waals surface area contributed by atoms with E-state index in [0.29, 0.717) is 6.42 Å².